The van der Waals surface area contributed by atoms with Gasteiger partial charge in [-0.25, -0.2) is 0 Å². The number of carbonyl (C=O) groups excluding carboxylic acids is 1. The Balaban J connectivity index is 2.03. The minimum absolute atomic E-state index is 0.177. The Kier molecular flexibility index (Phi) is 4.10. The molecule has 1 saturated carbocycles. The van der Waals surface area contributed by atoms with Crippen molar-refractivity contribution in [3.63, 3.8) is 0 Å². The van der Waals surface area contributed by atoms with Gasteiger partial charge in [0.05, 0.1) is 24.5 Å². The summed E-state index contributed by atoms with van der Waals surface area (Å²) in [7, 11) is 0. The monoisotopic (exact) mass is 270 g/mol. The summed E-state index contributed by atoms with van der Waals surface area (Å²) < 4.78 is 5.18. The maximum atomic E-state index is 12.2. The van der Waals surface area contributed by atoms with Crippen molar-refractivity contribution in [3.8, 4) is 0 Å². The van der Waals surface area contributed by atoms with Crippen molar-refractivity contribution in [1.29, 1.82) is 0 Å². The van der Waals surface area contributed by atoms with E-state index in [0.717, 1.165) is 12.8 Å². The van der Waals surface area contributed by atoms with Crippen LogP contribution < -0.4 is 11.1 Å². The molecule has 0 spiro atoms. The molecule has 2 aliphatic rings. The third kappa shape index (κ3) is 2.74. The zero-order valence-electron chi connectivity index (χ0n) is 11.2. The van der Waals surface area contributed by atoms with Crippen molar-refractivity contribution in [2.24, 2.45) is 17.1 Å². The molecule has 0 bridgehead atoms. The maximum Gasteiger partial charge on any atom is 0.311 e. The number of hydrogen-bond donors (Lipinski definition) is 3. The minimum atomic E-state index is -0.878. The number of ether oxygens (including phenoxy) is 1. The van der Waals surface area contributed by atoms with Gasteiger partial charge in [0, 0.05) is 12.1 Å². The van der Waals surface area contributed by atoms with Gasteiger partial charge in [0.15, 0.2) is 0 Å². The van der Waals surface area contributed by atoms with Crippen LogP contribution in [0.25, 0.3) is 0 Å². The smallest absolute Gasteiger partial charge is 0.311 e. The van der Waals surface area contributed by atoms with Crippen LogP contribution in [0.2, 0.25) is 0 Å². The number of amides is 1. The molecule has 108 valence electrons. The lowest BCUT2D eigenvalue weighted by Crippen LogP contribution is -2.54. The molecule has 6 heteroatoms. The van der Waals surface area contributed by atoms with Crippen molar-refractivity contribution in [1.82, 2.24) is 5.32 Å². The van der Waals surface area contributed by atoms with Gasteiger partial charge in [0.25, 0.3) is 0 Å². The molecule has 6 nitrogen and oxygen atoms in total. The van der Waals surface area contributed by atoms with Gasteiger partial charge >= 0.3 is 5.97 Å². The molecular formula is C13H22N2O4. The van der Waals surface area contributed by atoms with Gasteiger partial charge < -0.3 is 20.9 Å². The first kappa shape index (κ1) is 14.3. The SMILES string of the molecule is CC1(C(=O)O)CCCCC1NC(=O)C1COCC1N. The quantitative estimate of drug-likeness (QED) is 0.675. The maximum absolute atomic E-state index is 12.2. The molecule has 0 radical (unpaired) electrons. The molecule has 1 saturated heterocycles. The lowest BCUT2D eigenvalue weighted by atomic mass is 9.71. The molecule has 2 fully saturated rings. The third-order valence-corrected chi connectivity index (χ3v) is 4.47. The second-order valence-electron chi connectivity index (χ2n) is 5.84. The minimum Gasteiger partial charge on any atom is -0.481 e. The first-order chi connectivity index (χ1) is 8.95. The lowest BCUT2D eigenvalue weighted by molar-refractivity contribution is -0.152. The zero-order chi connectivity index (χ0) is 14.0. The average Bonchev–Trinajstić information content (AvgIpc) is 2.78. The second kappa shape index (κ2) is 5.46. The van der Waals surface area contributed by atoms with E-state index in [2.05, 4.69) is 5.32 Å². The highest BCUT2D eigenvalue weighted by Gasteiger charge is 2.45. The molecule has 2 rings (SSSR count). The molecule has 19 heavy (non-hydrogen) atoms. The third-order valence-electron chi connectivity index (χ3n) is 4.47. The standard InChI is InChI=1S/C13H22N2O4/c1-13(12(17)18)5-3-2-4-10(13)15-11(16)8-6-19-7-9(8)14/h8-10H,2-7,14H2,1H3,(H,15,16)(H,17,18). The number of nitrogens with one attached hydrogen (secondary N) is 1. The van der Waals surface area contributed by atoms with E-state index in [4.69, 9.17) is 10.5 Å². The fourth-order valence-electron chi connectivity index (χ4n) is 2.94. The Labute approximate surface area is 112 Å². The Hall–Kier alpha value is -1.14. The van der Waals surface area contributed by atoms with Crippen LogP contribution in [-0.4, -0.2) is 42.3 Å². The number of carboxylic acid groups (broad SMARTS) is 1. The Bertz CT molecular complexity index is 374. The Morgan fingerprint density at radius 3 is 2.68 bits per heavy atom. The predicted molar refractivity (Wildman–Crippen MR) is 68.4 cm³/mol. The van der Waals surface area contributed by atoms with E-state index in [1.165, 1.54) is 0 Å². The van der Waals surface area contributed by atoms with E-state index in [1.54, 1.807) is 6.92 Å². The van der Waals surface area contributed by atoms with E-state index >= 15 is 0 Å². The van der Waals surface area contributed by atoms with Gasteiger partial charge in [0.2, 0.25) is 5.91 Å². The van der Waals surface area contributed by atoms with Crippen LogP contribution in [0.15, 0.2) is 0 Å². The number of nitrogens with two attached hydrogens (primary N) is 1. The van der Waals surface area contributed by atoms with E-state index in [-0.39, 0.29) is 23.9 Å². The highest BCUT2D eigenvalue weighted by Crippen LogP contribution is 2.36. The van der Waals surface area contributed by atoms with E-state index in [0.29, 0.717) is 26.1 Å². The molecule has 1 aliphatic heterocycles. The Morgan fingerprint density at radius 2 is 2.11 bits per heavy atom. The number of aliphatic carboxylic acids is 1. The Morgan fingerprint density at radius 1 is 1.37 bits per heavy atom. The predicted octanol–water partition coefficient (Wildman–Crippen LogP) is 0.110. The molecule has 0 aromatic carbocycles. The molecule has 1 aliphatic carbocycles. The van der Waals surface area contributed by atoms with Crippen LogP contribution in [0.3, 0.4) is 0 Å². The van der Waals surface area contributed by atoms with Gasteiger partial charge in [-0.2, -0.15) is 0 Å². The first-order valence-corrected chi connectivity index (χ1v) is 6.82. The molecule has 4 unspecified atom stereocenters. The van der Waals surface area contributed by atoms with Crippen LogP contribution in [0, 0.1) is 11.3 Å². The van der Waals surface area contributed by atoms with Crippen LogP contribution >= 0.6 is 0 Å². The molecular weight excluding hydrogens is 248 g/mol. The number of hydrogen-bond acceptors (Lipinski definition) is 4. The summed E-state index contributed by atoms with van der Waals surface area (Å²) >= 11 is 0. The number of carbonyl (C=O) groups is 2. The van der Waals surface area contributed by atoms with Gasteiger partial charge in [0.1, 0.15) is 0 Å². The van der Waals surface area contributed by atoms with Crippen LogP contribution in [-0.2, 0) is 14.3 Å². The summed E-state index contributed by atoms with van der Waals surface area (Å²) in [6, 6.07) is -0.612. The fraction of sp³-hybridized carbons (Fsp3) is 0.846. The van der Waals surface area contributed by atoms with E-state index < -0.39 is 11.4 Å². The van der Waals surface area contributed by atoms with Gasteiger partial charge in [-0.3, -0.25) is 9.59 Å². The van der Waals surface area contributed by atoms with Crippen LogP contribution in [0.1, 0.15) is 32.6 Å². The fourth-order valence-corrected chi connectivity index (χ4v) is 2.94. The van der Waals surface area contributed by atoms with E-state index in [1.807, 2.05) is 0 Å². The summed E-state index contributed by atoms with van der Waals surface area (Å²) in [5.41, 5.74) is 4.93. The second-order valence-corrected chi connectivity index (χ2v) is 5.84. The molecule has 0 aromatic rings. The van der Waals surface area contributed by atoms with Crippen molar-refractivity contribution in [2.75, 3.05) is 13.2 Å². The van der Waals surface area contributed by atoms with Crippen LogP contribution in [0.5, 0.6) is 0 Å². The summed E-state index contributed by atoms with van der Waals surface area (Å²) in [5, 5.41) is 12.3. The highest BCUT2D eigenvalue weighted by molar-refractivity contribution is 5.82. The van der Waals surface area contributed by atoms with Crippen LogP contribution in [0.4, 0.5) is 0 Å². The number of carboxylic acids is 1. The molecule has 4 N–H and O–H groups in total. The molecule has 1 heterocycles. The van der Waals surface area contributed by atoms with Gasteiger partial charge in [-0.1, -0.05) is 12.8 Å². The molecule has 4 atom stereocenters. The average molecular weight is 270 g/mol. The van der Waals surface area contributed by atoms with Crippen molar-refractivity contribution in [2.45, 2.75) is 44.7 Å². The molecule has 1 amide bonds. The topological polar surface area (TPSA) is 102 Å². The van der Waals surface area contributed by atoms with Crippen molar-refractivity contribution < 1.29 is 19.4 Å². The first-order valence-electron chi connectivity index (χ1n) is 6.82. The summed E-state index contributed by atoms with van der Waals surface area (Å²) in [4.78, 5) is 23.6. The largest absolute Gasteiger partial charge is 0.481 e. The summed E-state index contributed by atoms with van der Waals surface area (Å²) in [6.45, 7) is 2.42. The summed E-state index contributed by atoms with van der Waals surface area (Å²) in [6.07, 6.45) is 3.14. The van der Waals surface area contributed by atoms with Crippen molar-refractivity contribution >= 4 is 11.9 Å². The van der Waals surface area contributed by atoms with E-state index in [9.17, 15) is 14.7 Å². The zero-order valence-corrected chi connectivity index (χ0v) is 11.2. The summed E-state index contributed by atoms with van der Waals surface area (Å²) in [5.74, 6) is -1.38. The van der Waals surface area contributed by atoms with Gasteiger partial charge in [-0.05, 0) is 19.8 Å². The highest BCUT2D eigenvalue weighted by atomic mass is 16.5. The van der Waals surface area contributed by atoms with Gasteiger partial charge in [-0.15, -0.1) is 0 Å². The molecule has 0 aromatic heterocycles. The number of rotatable bonds is 3. The lowest BCUT2D eigenvalue weighted by Gasteiger charge is -2.38. The normalized spacial score (nSPS) is 38.9. The van der Waals surface area contributed by atoms with Crippen molar-refractivity contribution in [3.05, 3.63) is 0 Å².